The predicted molar refractivity (Wildman–Crippen MR) is 71.9 cm³/mol. The second-order valence-corrected chi connectivity index (χ2v) is 5.45. The fourth-order valence-electron chi connectivity index (χ4n) is 1.70. The van der Waals surface area contributed by atoms with E-state index < -0.39 is 0 Å². The number of hydrogen-bond acceptors (Lipinski definition) is 3. The van der Waals surface area contributed by atoms with Gasteiger partial charge in [-0.05, 0) is 52.5 Å². The molecule has 2 nitrogen and oxygen atoms in total. The fraction of sp³-hybridized carbons (Fsp3) is 0.250. The van der Waals surface area contributed by atoms with E-state index in [9.17, 15) is 0 Å². The van der Waals surface area contributed by atoms with Gasteiger partial charge in [-0.25, -0.2) is 0 Å². The average Bonchev–Trinajstić information content (AvgIpc) is 2.67. The van der Waals surface area contributed by atoms with Crippen LogP contribution < -0.4 is 5.32 Å². The minimum absolute atomic E-state index is 0.210. The zero-order valence-corrected chi connectivity index (χ0v) is 11.6. The molecule has 84 valence electrons. The van der Waals surface area contributed by atoms with E-state index in [1.807, 2.05) is 19.4 Å². The molecule has 0 aliphatic rings. The molecule has 0 aliphatic carbocycles. The van der Waals surface area contributed by atoms with Crippen LogP contribution in [-0.2, 0) is 0 Å². The van der Waals surface area contributed by atoms with E-state index in [4.69, 9.17) is 0 Å². The van der Waals surface area contributed by atoms with Crippen LogP contribution in [0.3, 0.4) is 0 Å². The van der Waals surface area contributed by atoms with Crippen molar-refractivity contribution >= 4 is 27.3 Å². The van der Waals surface area contributed by atoms with Gasteiger partial charge in [0.25, 0.3) is 0 Å². The number of nitrogens with one attached hydrogen (secondary N) is 1. The van der Waals surface area contributed by atoms with Crippen molar-refractivity contribution in [2.75, 3.05) is 7.05 Å². The second kappa shape index (κ2) is 5.08. The van der Waals surface area contributed by atoms with Gasteiger partial charge in [-0.3, -0.25) is 4.98 Å². The van der Waals surface area contributed by atoms with Gasteiger partial charge in [0.15, 0.2) is 0 Å². The van der Waals surface area contributed by atoms with Gasteiger partial charge in [-0.15, -0.1) is 11.3 Å². The lowest BCUT2D eigenvalue weighted by Crippen LogP contribution is -2.17. The molecular weight excluding hydrogens is 284 g/mol. The Hall–Kier alpha value is -0.710. The van der Waals surface area contributed by atoms with Gasteiger partial charge in [0, 0.05) is 21.7 Å². The predicted octanol–water partition coefficient (Wildman–Crippen LogP) is 3.52. The SMILES string of the molecule is CNC(c1cncc(C)c1)c1sccc1Br. The minimum Gasteiger partial charge on any atom is -0.309 e. The van der Waals surface area contributed by atoms with E-state index in [1.54, 1.807) is 11.3 Å². The molecule has 0 aliphatic heterocycles. The molecule has 0 fully saturated rings. The van der Waals surface area contributed by atoms with Gasteiger partial charge in [0.05, 0.1) is 6.04 Å². The summed E-state index contributed by atoms with van der Waals surface area (Å²) in [6, 6.07) is 4.45. The lowest BCUT2D eigenvalue weighted by atomic mass is 10.1. The van der Waals surface area contributed by atoms with Crippen LogP contribution in [0.4, 0.5) is 0 Å². The Morgan fingerprint density at radius 2 is 2.25 bits per heavy atom. The molecule has 0 saturated carbocycles. The summed E-state index contributed by atoms with van der Waals surface area (Å²) >= 11 is 5.32. The Balaban J connectivity index is 2.40. The van der Waals surface area contributed by atoms with Crippen LogP contribution >= 0.6 is 27.3 Å². The molecule has 1 unspecified atom stereocenters. The van der Waals surface area contributed by atoms with Crippen molar-refractivity contribution in [1.29, 1.82) is 0 Å². The molecule has 2 aromatic rings. The van der Waals surface area contributed by atoms with Crippen molar-refractivity contribution in [3.63, 3.8) is 0 Å². The first kappa shape index (κ1) is 11.8. The molecule has 2 aromatic heterocycles. The van der Waals surface area contributed by atoms with Crippen molar-refractivity contribution in [3.05, 3.63) is 50.4 Å². The van der Waals surface area contributed by atoms with Crippen LogP contribution in [0.25, 0.3) is 0 Å². The highest BCUT2D eigenvalue weighted by atomic mass is 79.9. The van der Waals surface area contributed by atoms with E-state index in [1.165, 1.54) is 16.0 Å². The van der Waals surface area contributed by atoms with E-state index >= 15 is 0 Å². The molecule has 16 heavy (non-hydrogen) atoms. The van der Waals surface area contributed by atoms with E-state index in [0.29, 0.717) is 0 Å². The smallest absolute Gasteiger partial charge is 0.0695 e. The summed E-state index contributed by atoms with van der Waals surface area (Å²) in [5, 5.41) is 5.42. The van der Waals surface area contributed by atoms with Gasteiger partial charge >= 0.3 is 0 Å². The first-order valence-electron chi connectivity index (χ1n) is 5.04. The van der Waals surface area contributed by atoms with E-state index in [2.05, 4.69) is 50.7 Å². The maximum atomic E-state index is 4.24. The third-order valence-corrected chi connectivity index (χ3v) is 4.36. The average molecular weight is 297 g/mol. The molecule has 0 aromatic carbocycles. The summed E-state index contributed by atoms with van der Waals surface area (Å²) in [6.45, 7) is 2.06. The normalized spacial score (nSPS) is 12.7. The van der Waals surface area contributed by atoms with Crippen LogP contribution in [0.5, 0.6) is 0 Å². The fourth-order valence-corrected chi connectivity index (χ4v) is 3.43. The molecule has 0 spiro atoms. The van der Waals surface area contributed by atoms with Crippen molar-refractivity contribution in [2.45, 2.75) is 13.0 Å². The summed E-state index contributed by atoms with van der Waals surface area (Å²) < 4.78 is 1.15. The standard InChI is InChI=1S/C12H13BrN2S/c1-8-5-9(7-15-6-8)11(14-2)12-10(13)3-4-16-12/h3-7,11,14H,1-2H3. The molecular formula is C12H13BrN2S. The Morgan fingerprint density at radius 3 is 2.81 bits per heavy atom. The van der Waals surface area contributed by atoms with Crippen LogP contribution in [0, 0.1) is 6.92 Å². The minimum atomic E-state index is 0.210. The molecule has 2 rings (SSSR count). The maximum Gasteiger partial charge on any atom is 0.0695 e. The number of aryl methyl sites for hydroxylation is 1. The number of hydrogen-bond donors (Lipinski definition) is 1. The van der Waals surface area contributed by atoms with Crippen LogP contribution in [0.1, 0.15) is 22.0 Å². The van der Waals surface area contributed by atoms with Gasteiger partial charge in [-0.1, -0.05) is 6.07 Å². The van der Waals surface area contributed by atoms with Crippen LogP contribution in [-0.4, -0.2) is 12.0 Å². The van der Waals surface area contributed by atoms with Gasteiger partial charge in [0.1, 0.15) is 0 Å². The summed E-state index contributed by atoms with van der Waals surface area (Å²) in [4.78, 5) is 5.53. The first-order chi connectivity index (χ1) is 7.72. The Morgan fingerprint density at radius 1 is 1.44 bits per heavy atom. The monoisotopic (exact) mass is 296 g/mol. The molecule has 4 heteroatoms. The Labute approximate surface area is 108 Å². The number of pyridine rings is 1. The highest BCUT2D eigenvalue weighted by Crippen LogP contribution is 2.32. The van der Waals surface area contributed by atoms with Gasteiger partial charge in [0.2, 0.25) is 0 Å². The third-order valence-electron chi connectivity index (χ3n) is 2.43. The Bertz CT molecular complexity index is 481. The first-order valence-corrected chi connectivity index (χ1v) is 6.71. The highest BCUT2D eigenvalue weighted by molar-refractivity contribution is 9.10. The summed E-state index contributed by atoms with van der Waals surface area (Å²) in [6.07, 6.45) is 3.79. The van der Waals surface area contributed by atoms with Crippen molar-refractivity contribution in [2.24, 2.45) is 0 Å². The molecule has 0 bridgehead atoms. The zero-order valence-electron chi connectivity index (χ0n) is 9.20. The highest BCUT2D eigenvalue weighted by Gasteiger charge is 2.16. The third kappa shape index (κ3) is 2.34. The summed E-state index contributed by atoms with van der Waals surface area (Å²) in [5.74, 6) is 0. The van der Waals surface area contributed by atoms with Crippen molar-refractivity contribution in [3.8, 4) is 0 Å². The van der Waals surface area contributed by atoms with Crippen LogP contribution in [0.15, 0.2) is 34.4 Å². The van der Waals surface area contributed by atoms with Gasteiger partial charge in [-0.2, -0.15) is 0 Å². The molecule has 1 N–H and O–H groups in total. The van der Waals surface area contributed by atoms with Gasteiger partial charge < -0.3 is 5.32 Å². The molecule has 0 amide bonds. The summed E-state index contributed by atoms with van der Waals surface area (Å²) in [7, 11) is 1.97. The molecule has 1 atom stereocenters. The summed E-state index contributed by atoms with van der Waals surface area (Å²) in [5.41, 5.74) is 2.39. The number of rotatable bonds is 3. The number of thiophene rings is 1. The van der Waals surface area contributed by atoms with E-state index in [-0.39, 0.29) is 6.04 Å². The quantitative estimate of drug-likeness (QED) is 0.937. The number of aromatic nitrogens is 1. The largest absolute Gasteiger partial charge is 0.309 e. The number of nitrogens with zero attached hydrogens (tertiary/aromatic N) is 1. The molecule has 0 saturated heterocycles. The lowest BCUT2D eigenvalue weighted by molar-refractivity contribution is 0.697. The molecule has 2 heterocycles. The lowest BCUT2D eigenvalue weighted by Gasteiger charge is -2.15. The molecule has 0 radical (unpaired) electrons. The zero-order chi connectivity index (χ0) is 11.5. The topological polar surface area (TPSA) is 24.9 Å². The maximum absolute atomic E-state index is 4.24. The Kier molecular flexibility index (Phi) is 3.74. The van der Waals surface area contributed by atoms with Crippen LogP contribution in [0.2, 0.25) is 0 Å². The second-order valence-electron chi connectivity index (χ2n) is 3.65. The van der Waals surface area contributed by atoms with Crippen molar-refractivity contribution in [1.82, 2.24) is 10.3 Å². The van der Waals surface area contributed by atoms with Crippen molar-refractivity contribution < 1.29 is 0 Å². The number of halogens is 1. The van der Waals surface area contributed by atoms with E-state index in [0.717, 1.165) is 4.47 Å².